The van der Waals surface area contributed by atoms with E-state index in [0.29, 0.717) is 0 Å². The Kier molecular flexibility index (Phi) is 7.90. The lowest BCUT2D eigenvalue weighted by Crippen LogP contribution is -2.04. The van der Waals surface area contributed by atoms with Crippen molar-refractivity contribution < 1.29 is 0 Å². The van der Waals surface area contributed by atoms with Crippen LogP contribution in [0.5, 0.6) is 0 Å². The van der Waals surface area contributed by atoms with E-state index in [4.69, 9.17) is 0 Å². The quantitative estimate of drug-likeness (QED) is 0.178. The largest absolute Gasteiger partial charge is 0.166 e. The van der Waals surface area contributed by atoms with Crippen LogP contribution >= 0.6 is 11.8 Å². The van der Waals surface area contributed by atoms with Crippen LogP contribution in [-0.4, -0.2) is 0 Å². The summed E-state index contributed by atoms with van der Waals surface area (Å²) in [6, 6.07) is 55.4. The Labute approximate surface area is 245 Å². The maximum absolute atomic E-state index is 2.30. The first-order valence-corrected chi connectivity index (χ1v) is 15.6. The van der Waals surface area contributed by atoms with E-state index in [2.05, 4.69) is 166 Å². The van der Waals surface area contributed by atoms with Crippen molar-refractivity contribution >= 4 is 22.7 Å². The van der Waals surface area contributed by atoms with E-state index in [0.717, 1.165) is 0 Å². The molecule has 40 heavy (non-hydrogen) atoms. The second-order valence-corrected chi connectivity index (χ2v) is 13.2. The van der Waals surface area contributed by atoms with E-state index < -0.39 is 0 Å². The lowest BCUT2D eigenvalue weighted by molar-refractivity contribution is 1.28. The topological polar surface area (TPSA) is 0 Å². The fourth-order valence-electron chi connectivity index (χ4n) is 4.89. The predicted molar refractivity (Wildman–Crippen MR) is 172 cm³/mol. The zero-order valence-electron chi connectivity index (χ0n) is 22.8. The summed E-state index contributed by atoms with van der Waals surface area (Å²) in [4.78, 5) is 6.48. The van der Waals surface area contributed by atoms with Gasteiger partial charge in [-0.15, -0.1) is 0 Å². The number of benzene rings is 6. The molecule has 0 amide bonds. The molecule has 0 aliphatic carbocycles. The highest BCUT2D eigenvalue weighted by molar-refractivity contribution is 7.99. The molecule has 0 spiro atoms. The highest BCUT2D eigenvalue weighted by atomic mass is 32.2. The molecule has 1 unspecified atom stereocenters. The molecule has 0 bridgehead atoms. The van der Waals surface area contributed by atoms with Gasteiger partial charge in [0.2, 0.25) is 0 Å². The van der Waals surface area contributed by atoms with Crippen molar-refractivity contribution in [2.75, 3.05) is 0 Å². The van der Waals surface area contributed by atoms with E-state index in [1.807, 2.05) is 11.8 Å². The minimum absolute atomic E-state index is 0.174. The van der Waals surface area contributed by atoms with Gasteiger partial charge in [-0.3, -0.25) is 0 Å². The van der Waals surface area contributed by atoms with E-state index in [1.54, 1.807) is 0 Å². The van der Waals surface area contributed by atoms with Gasteiger partial charge in [0.15, 0.2) is 14.7 Å². The molecule has 0 heterocycles. The van der Waals surface area contributed by atoms with Crippen molar-refractivity contribution in [3.05, 3.63) is 163 Å². The summed E-state index contributed by atoms with van der Waals surface area (Å²) in [7, 11) is -0.174. The van der Waals surface area contributed by atoms with Crippen LogP contribution in [-0.2, 0) is 10.9 Å². The first kappa shape index (κ1) is 26.3. The van der Waals surface area contributed by atoms with Gasteiger partial charge in [0, 0.05) is 9.79 Å². The normalized spacial score (nSPS) is 11.8. The molecule has 6 aromatic carbocycles. The Morgan fingerprint density at radius 3 is 1.30 bits per heavy atom. The summed E-state index contributed by atoms with van der Waals surface area (Å²) in [5, 5.41) is 0. The molecule has 0 radical (unpaired) electrons. The second-order valence-electron chi connectivity index (χ2n) is 9.98. The van der Waals surface area contributed by atoms with Crippen LogP contribution in [0, 0.1) is 13.8 Å². The SMILES string of the molecule is Cc1cccc(-c2ccc(Sc3ccc([S+](c4ccccc4)c4ccc(-c5cccc(C)c5)cc4)cc3)cc2)c1. The van der Waals surface area contributed by atoms with Gasteiger partial charge in [0.25, 0.3) is 0 Å². The van der Waals surface area contributed by atoms with Crippen molar-refractivity contribution in [2.45, 2.75) is 38.3 Å². The smallest absolute Gasteiger partial charge is 0.0901 e. The summed E-state index contributed by atoms with van der Waals surface area (Å²) in [5.41, 5.74) is 7.60. The lowest BCUT2D eigenvalue weighted by Gasteiger charge is -2.10. The summed E-state index contributed by atoms with van der Waals surface area (Å²) in [5.74, 6) is 0. The average molecular weight is 552 g/mol. The van der Waals surface area contributed by atoms with Gasteiger partial charge in [-0.05, 0) is 109 Å². The third-order valence-electron chi connectivity index (χ3n) is 6.92. The number of aryl methyl sites for hydroxylation is 2. The fourth-order valence-corrected chi connectivity index (χ4v) is 7.77. The van der Waals surface area contributed by atoms with E-state index in [9.17, 15) is 0 Å². The van der Waals surface area contributed by atoms with Crippen molar-refractivity contribution in [2.24, 2.45) is 0 Å². The van der Waals surface area contributed by atoms with E-state index in [-0.39, 0.29) is 10.9 Å². The Morgan fingerprint density at radius 2 is 0.800 bits per heavy atom. The Balaban J connectivity index is 1.24. The third-order valence-corrected chi connectivity index (χ3v) is 10.2. The minimum Gasteiger partial charge on any atom is -0.0901 e. The molecular weight excluding hydrogens is 521 g/mol. The second kappa shape index (κ2) is 12.0. The standard InChI is InChI=1S/C38H31S2/c1-28-8-6-10-32(26-28)30-14-18-34(19-15-30)39-35-20-24-38(25-21-35)40(36-12-4-3-5-13-36)37-22-16-31(17-23-37)33-11-7-9-29(2)27-33/h3-27H,1-2H3/q+1. The van der Waals surface area contributed by atoms with Crippen LogP contribution in [0.3, 0.4) is 0 Å². The zero-order valence-corrected chi connectivity index (χ0v) is 24.4. The molecule has 2 heteroatoms. The van der Waals surface area contributed by atoms with E-state index in [1.165, 1.54) is 57.9 Å². The highest BCUT2D eigenvalue weighted by Gasteiger charge is 2.28. The number of hydrogen-bond acceptors (Lipinski definition) is 1. The molecule has 0 aliphatic rings. The molecule has 194 valence electrons. The maximum atomic E-state index is 2.30. The summed E-state index contributed by atoms with van der Waals surface area (Å²) < 4.78 is 0. The Morgan fingerprint density at radius 1 is 0.375 bits per heavy atom. The first-order chi connectivity index (χ1) is 19.6. The van der Waals surface area contributed by atoms with Crippen LogP contribution in [0.25, 0.3) is 22.3 Å². The fraction of sp³-hybridized carbons (Fsp3) is 0.0526. The van der Waals surface area contributed by atoms with Crippen molar-refractivity contribution in [3.8, 4) is 22.3 Å². The van der Waals surface area contributed by atoms with Gasteiger partial charge >= 0.3 is 0 Å². The molecule has 6 aromatic rings. The molecular formula is C38H31S2+. The molecule has 0 saturated carbocycles. The maximum Gasteiger partial charge on any atom is 0.166 e. The molecule has 0 fully saturated rings. The summed E-state index contributed by atoms with van der Waals surface area (Å²) >= 11 is 1.81. The molecule has 1 atom stereocenters. The molecule has 0 nitrogen and oxygen atoms in total. The van der Waals surface area contributed by atoms with Gasteiger partial charge < -0.3 is 0 Å². The van der Waals surface area contributed by atoms with Crippen LogP contribution in [0.4, 0.5) is 0 Å². The first-order valence-electron chi connectivity index (χ1n) is 13.5. The monoisotopic (exact) mass is 551 g/mol. The predicted octanol–water partition coefficient (Wildman–Crippen LogP) is 10.9. The number of hydrogen-bond donors (Lipinski definition) is 0. The van der Waals surface area contributed by atoms with Crippen molar-refractivity contribution in [1.82, 2.24) is 0 Å². The van der Waals surface area contributed by atoms with Crippen LogP contribution < -0.4 is 0 Å². The van der Waals surface area contributed by atoms with Crippen LogP contribution in [0.1, 0.15) is 11.1 Å². The van der Waals surface area contributed by atoms with Crippen molar-refractivity contribution in [3.63, 3.8) is 0 Å². The van der Waals surface area contributed by atoms with Gasteiger partial charge in [0.1, 0.15) is 0 Å². The molecule has 6 rings (SSSR count). The van der Waals surface area contributed by atoms with Crippen LogP contribution in [0.2, 0.25) is 0 Å². The highest BCUT2D eigenvalue weighted by Crippen LogP contribution is 2.35. The molecule has 0 aromatic heterocycles. The summed E-state index contributed by atoms with van der Waals surface area (Å²) in [6.07, 6.45) is 0. The molecule has 0 saturated heterocycles. The zero-order chi connectivity index (χ0) is 27.3. The van der Waals surface area contributed by atoms with Gasteiger partial charge in [0.05, 0.1) is 10.9 Å². The van der Waals surface area contributed by atoms with Crippen molar-refractivity contribution in [1.29, 1.82) is 0 Å². The van der Waals surface area contributed by atoms with Crippen LogP contribution in [0.15, 0.2) is 176 Å². The Bertz CT molecular complexity index is 1700. The van der Waals surface area contributed by atoms with E-state index >= 15 is 0 Å². The Hall–Kier alpha value is -3.98. The summed E-state index contributed by atoms with van der Waals surface area (Å²) in [6.45, 7) is 4.29. The number of rotatable bonds is 7. The molecule has 0 N–H and O–H groups in total. The van der Waals surface area contributed by atoms with Gasteiger partial charge in [-0.25, -0.2) is 0 Å². The van der Waals surface area contributed by atoms with Gasteiger partial charge in [-0.2, -0.15) is 0 Å². The average Bonchev–Trinajstić information content (AvgIpc) is 2.99. The lowest BCUT2D eigenvalue weighted by atomic mass is 10.0. The van der Waals surface area contributed by atoms with Gasteiger partial charge in [-0.1, -0.05) is 102 Å². The minimum atomic E-state index is -0.174. The third kappa shape index (κ3) is 6.09. The molecule has 0 aliphatic heterocycles.